The summed E-state index contributed by atoms with van der Waals surface area (Å²) in [5.74, 6) is 0.810. The van der Waals surface area contributed by atoms with Crippen molar-refractivity contribution in [2.24, 2.45) is 0 Å². The molecule has 0 aromatic heterocycles. The normalized spacial score (nSPS) is 13.5. The van der Waals surface area contributed by atoms with Crippen molar-refractivity contribution in [3.05, 3.63) is 58.6 Å². The van der Waals surface area contributed by atoms with E-state index < -0.39 is 5.54 Å². The molecule has 2 aromatic carbocycles. The predicted molar refractivity (Wildman–Crippen MR) is 89.8 cm³/mol. The topological polar surface area (TPSA) is 41.5 Å². The van der Waals surface area contributed by atoms with E-state index in [4.69, 9.17) is 4.74 Å². The van der Waals surface area contributed by atoms with Crippen LogP contribution < -0.4 is 10.1 Å². The van der Waals surface area contributed by atoms with Crippen LogP contribution in [0.25, 0.3) is 0 Å². The van der Waals surface area contributed by atoms with Crippen molar-refractivity contribution in [2.45, 2.75) is 18.9 Å². The largest absolute Gasteiger partial charge is 0.497 e. The van der Waals surface area contributed by atoms with Gasteiger partial charge in [-0.3, -0.25) is 0 Å². The first-order chi connectivity index (χ1) is 10.1. The molecule has 2 N–H and O–H groups in total. The van der Waals surface area contributed by atoms with Crippen molar-refractivity contribution < 1.29 is 9.84 Å². The van der Waals surface area contributed by atoms with Crippen LogP contribution in [-0.2, 0) is 5.54 Å². The Kier molecular flexibility index (Phi) is 5.26. The molecule has 0 saturated heterocycles. The molecule has 0 radical (unpaired) electrons. The van der Waals surface area contributed by atoms with Gasteiger partial charge < -0.3 is 15.2 Å². The molecular formula is C17H20BrNO2. The third-order valence-electron chi connectivity index (χ3n) is 3.74. The van der Waals surface area contributed by atoms with Crippen LogP contribution in [0.2, 0.25) is 0 Å². The number of rotatable bonds is 6. The zero-order valence-corrected chi connectivity index (χ0v) is 13.9. The summed E-state index contributed by atoms with van der Waals surface area (Å²) in [5.41, 5.74) is 1.52. The van der Waals surface area contributed by atoms with Crippen molar-refractivity contribution in [2.75, 3.05) is 19.0 Å². The van der Waals surface area contributed by atoms with E-state index in [0.717, 1.165) is 27.9 Å². The average molecular weight is 350 g/mol. The van der Waals surface area contributed by atoms with Gasteiger partial charge in [-0.15, -0.1) is 0 Å². The standard InChI is InChI=1S/C17H20BrNO2/c1-3-17(12-20,13-4-10-16(21-2)11-5-13)19-15-8-6-14(18)7-9-15/h4-11,19-20H,3,12H2,1-2H3. The van der Waals surface area contributed by atoms with Gasteiger partial charge in [-0.1, -0.05) is 35.0 Å². The number of aliphatic hydroxyl groups excluding tert-OH is 1. The molecule has 4 heteroatoms. The second kappa shape index (κ2) is 6.96. The molecule has 112 valence electrons. The Morgan fingerprint density at radius 1 is 1.10 bits per heavy atom. The molecule has 0 aliphatic rings. The van der Waals surface area contributed by atoms with E-state index in [-0.39, 0.29) is 6.61 Å². The van der Waals surface area contributed by atoms with Gasteiger partial charge >= 0.3 is 0 Å². The minimum atomic E-state index is -0.500. The molecule has 0 spiro atoms. The van der Waals surface area contributed by atoms with Crippen LogP contribution in [0.5, 0.6) is 5.75 Å². The van der Waals surface area contributed by atoms with Gasteiger partial charge in [-0.2, -0.15) is 0 Å². The van der Waals surface area contributed by atoms with E-state index in [1.54, 1.807) is 7.11 Å². The molecule has 1 unspecified atom stereocenters. The number of benzene rings is 2. The van der Waals surface area contributed by atoms with Crippen molar-refractivity contribution >= 4 is 21.6 Å². The van der Waals surface area contributed by atoms with E-state index >= 15 is 0 Å². The maximum Gasteiger partial charge on any atom is 0.118 e. The van der Waals surface area contributed by atoms with E-state index in [1.165, 1.54) is 0 Å². The fourth-order valence-electron chi connectivity index (χ4n) is 2.33. The molecule has 0 aliphatic carbocycles. The van der Waals surface area contributed by atoms with Crippen LogP contribution in [-0.4, -0.2) is 18.8 Å². The van der Waals surface area contributed by atoms with Gasteiger partial charge in [-0.05, 0) is 48.4 Å². The van der Waals surface area contributed by atoms with Gasteiger partial charge in [0.25, 0.3) is 0 Å². The molecule has 1 atom stereocenters. The predicted octanol–water partition coefficient (Wildman–Crippen LogP) is 4.17. The van der Waals surface area contributed by atoms with Crippen LogP contribution in [0.1, 0.15) is 18.9 Å². The lowest BCUT2D eigenvalue weighted by Gasteiger charge is -2.34. The summed E-state index contributed by atoms with van der Waals surface area (Å²) in [5, 5.41) is 13.4. The number of aliphatic hydroxyl groups is 1. The lowest BCUT2D eigenvalue weighted by Crippen LogP contribution is -2.38. The summed E-state index contributed by atoms with van der Waals surface area (Å²) in [6.07, 6.45) is 0.770. The smallest absolute Gasteiger partial charge is 0.118 e. The van der Waals surface area contributed by atoms with Crippen LogP contribution in [0.3, 0.4) is 0 Å². The van der Waals surface area contributed by atoms with Crippen molar-refractivity contribution in [3.63, 3.8) is 0 Å². The lowest BCUT2D eigenvalue weighted by molar-refractivity contribution is 0.207. The van der Waals surface area contributed by atoms with E-state index in [0.29, 0.717) is 0 Å². The van der Waals surface area contributed by atoms with Gasteiger partial charge in [0.1, 0.15) is 5.75 Å². The first-order valence-corrected chi connectivity index (χ1v) is 7.72. The van der Waals surface area contributed by atoms with Gasteiger partial charge in [0.15, 0.2) is 0 Å². The van der Waals surface area contributed by atoms with Crippen LogP contribution in [0, 0.1) is 0 Å². The summed E-state index contributed by atoms with van der Waals surface area (Å²) in [6, 6.07) is 15.8. The highest BCUT2D eigenvalue weighted by molar-refractivity contribution is 9.10. The average Bonchev–Trinajstić information content (AvgIpc) is 2.55. The number of hydrogen-bond acceptors (Lipinski definition) is 3. The zero-order valence-electron chi connectivity index (χ0n) is 12.3. The summed E-state index contributed by atoms with van der Waals surface area (Å²) < 4.78 is 6.22. The number of ether oxygens (including phenoxy) is 1. The Morgan fingerprint density at radius 3 is 2.19 bits per heavy atom. The molecule has 0 amide bonds. The minimum absolute atomic E-state index is 0.0197. The SMILES string of the molecule is CCC(CO)(Nc1ccc(Br)cc1)c1ccc(OC)cc1. The molecule has 21 heavy (non-hydrogen) atoms. The van der Waals surface area contributed by atoms with Gasteiger partial charge in [0.2, 0.25) is 0 Å². The summed E-state index contributed by atoms with van der Waals surface area (Å²) in [4.78, 5) is 0. The Bertz CT molecular complexity index is 562. The number of hydrogen-bond donors (Lipinski definition) is 2. The quantitative estimate of drug-likeness (QED) is 0.822. The third kappa shape index (κ3) is 3.57. The number of halogens is 1. The van der Waals surface area contributed by atoms with E-state index in [1.807, 2.05) is 48.5 Å². The summed E-state index contributed by atoms with van der Waals surface area (Å²) in [7, 11) is 1.65. The molecule has 0 saturated carbocycles. The Morgan fingerprint density at radius 2 is 1.71 bits per heavy atom. The lowest BCUT2D eigenvalue weighted by atomic mass is 9.87. The van der Waals surface area contributed by atoms with Crippen molar-refractivity contribution in [1.82, 2.24) is 0 Å². The molecule has 2 rings (SSSR count). The highest BCUT2D eigenvalue weighted by atomic mass is 79.9. The fraction of sp³-hybridized carbons (Fsp3) is 0.294. The highest BCUT2D eigenvalue weighted by Gasteiger charge is 2.29. The van der Waals surface area contributed by atoms with Crippen LogP contribution >= 0.6 is 15.9 Å². The molecule has 0 fully saturated rings. The van der Waals surface area contributed by atoms with Gasteiger partial charge in [-0.25, -0.2) is 0 Å². The van der Waals surface area contributed by atoms with Crippen molar-refractivity contribution in [3.8, 4) is 5.75 Å². The van der Waals surface area contributed by atoms with Crippen molar-refractivity contribution in [1.29, 1.82) is 0 Å². The minimum Gasteiger partial charge on any atom is -0.497 e. The number of anilines is 1. The second-order valence-electron chi connectivity index (χ2n) is 4.95. The zero-order chi connectivity index (χ0) is 15.3. The highest BCUT2D eigenvalue weighted by Crippen LogP contribution is 2.31. The molecule has 0 heterocycles. The molecule has 2 aromatic rings. The fourth-order valence-corrected chi connectivity index (χ4v) is 2.59. The number of methoxy groups -OCH3 is 1. The summed E-state index contributed by atoms with van der Waals surface area (Å²) in [6.45, 7) is 2.08. The van der Waals surface area contributed by atoms with Crippen LogP contribution in [0.15, 0.2) is 53.0 Å². The molecule has 0 bridgehead atoms. The third-order valence-corrected chi connectivity index (χ3v) is 4.27. The maximum atomic E-state index is 9.97. The first-order valence-electron chi connectivity index (χ1n) is 6.92. The molecule has 3 nitrogen and oxygen atoms in total. The van der Waals surface area contributed by atoms with Gasteiger partial charge in [0.05, 0.1) is 19.3 Å². The molecule has 0 aliphatic heterocycles. The Balaban J connectivity index is 2.32. The first kappa shape index (κ1) is 15.9. The summed E-state index contributed by atoms with van der Waals surface area (Å²) >= 11 is 3.43. The second-order valence-corrected chi connectivity index (χ2v) is 5.87. The number of nitrogens with one attached hydrogen (secondary N) is 1. The van der Waals surface area contributed by atoms with E-state index in [9.17, 15) is 5.11 Å². The van der Waals surface area contributed by atoms with Gasteiger partial charge in [0, 0.05) is 10.2 Å². The maximum absolute atomic E-state index is 9.97. The monoisotopic (exact) mass is 349 g/mol. The molecular weight excluding hydrogens is 330 g/mol. The Hall–Kier alpha value is -1.52. The van der Waals surface area contributed by atoms with Crippen LogP contribution in [0.4, 0.5) is 5.69 Å². The van der Waals surface area contributed by atoms with E-state index in [2.05, 4.69) is 28.2 Å². The Labute approximate surface area is 134 Å².